The lowest BCUT2D eigenvalue weighted by atomic mass is 10.3. The molecule has 1 aromatic carbocycles. The summed E-state index contributed by atoms with van der Waals surface area (Å²) in [4.78, 5) is 0. The van der Waals surface area contributed by atoms with Gasteiger partial charge in [0.2, 0.25) is 0 Å². The van der Waals surface area contributed by atoms with Gasteiger partial charge in [-0.1, -0.05) is 26.7 Å². The van der Waals surface area contributed by atoms with E-state index in [0.717, 1.165) is 31.7 Å². The number of rotatable bonds is 8. The van der Waals surface area contributed by atoms with Crippen LogP contribution in [0.5, 0.6) is 11.5 Å². The van der Waals surface area contributed by atoms with Crippen molar-refractivity contribution in [2.75, 3.05) is 13.2 Å². The molecule has 2 nitrogen and oxygen atoms in total. The minimum Gasteiger partial charge on any atom is -0.489 e. The molecule has 18 heavy (non-hydrogen) atoms. The van der Waals surface area contributed by atoms with E-state index in [0.29, 0.717) is 13.2 Å². The number of ether oxygens (including phenoxy) is 2. The van der Waals surface area contributed by atoms with Crippen LogP contribution in [0, 0.1) is 11.6 Å². The minimum atomic E-state index is -0.711. The maximum atomic E-state index is 13.6. The van der Waals surface area contributed by atoms with Crippen molar-refractivity contribution in [3.05, 3.63) is 23.8 Å². The summed E-state index contributed by atoms with van der Waals surface area (Å²) in [5.41, 5.74) is 0. The Morgan fingerprint density at radius 2 is 1.56 bits per heavy atom. The zero-order valence-electron chi connectivity index (χ0n) is 11.0. The first-order valence-electron chi connectivity index (χ1n) is 6.43. The first-order valence-corrected chi connectivity index (χ1v) is 6.43. The zero-order valence-corrected chi connectivity index (χ0v) is 11.0. The molecule has 0 aliphatic rings. The van der Waals surface area contributed by atoms with Crippen LogP contribution in [0.25, 0.3) is 0 Å². The lowest BCUT2D eigenvalue weighted by molar-refractivity contribution is 0.250. The van der Waals surface area contributed by atoms with Crippen LogP contribution in [0.1, 0.15) is 39.5 Å². The first-order chi connectivity index (χ1) is 8.69. The number of hydrogen-bond donors (Lipinski definition) is 0. The molecular formula is C14H20F2O2. The van der Waals surface area contributed by atoms with Crippen LogP contribution < -0.4 is 9.47 Å². The molecule has 4 heteroatoms. The fourth-order valence-corrected chi connectivity index (χ4v) is 1.43. The van der Waals surface area contributed by atoms with Gasteiger partial charge in [-0.15, -0.1) is 0 Å². The number of hydrogen-bond acceptors (Lipinski definition) is 2. The standard InChI is InChI=1S/C14H20F2O2/c1-3-5-7-17-13-10-11(15)9-12(16)14(13)18-8-6-4-2/h9-10H,3-8H2,1-2H3. The molecule has 1 aromatic rings. The molecule has 0 saturated heterocycles. The Morgan fingerprint density at radius 3 is 2.17 bits per heavy atom. The van der Waals surface area contributed by atoms with Crippen LogP contribution in [0.4, 0.5) is 8.78 Å². The molecule has 1 rings (SSSR count). The quantitative estimate of drug-likeness (QED) is 0.646. The molecule has 0 fully saturated rings. The summed E-state index contributed by atoms with van der Waals surface area (Å²) < 4.78 is 37.4. The first kappa shape index (κ1) is 14.7. The van der Waals surface area contributed by atoms with Gasteiger partial charge in [-0.3, -0.25) is 0 Å². The third-order valence-corrected chi connectivity index (χ3v) is 2.47. The van der Waals surface area contributed by atoms with Gasteiger partial charge in [0, 0.05) is 12.1 Å². The van der Waals surface area contributed by atoms with Gasteiger partial charge >= 0.3 is 0 Å². The summed E-state index contributed by atoms with van der Waals surface area (Å²) in [6.45, 7) is 4.88. The fourth-order valence-electron chi connectivity index (χ4n) is 1.43. The van der Waals surface area contributed by atoms with Crippen molar-refractivity contribution in [1.29, 1.82) is 0 Å². The highest BCUT2D eigenvalue weighted by atomic mass is 19.1. The van der Waals surface area contributed by atoms with Crippen LogP contribution >= 0.6 is 0 Å². The smallest absolute Gasteiger partial charge is 0.197 e. The maximum Gasteiger partial charge on any atom is 0.197 e. The second-order valence-corrected chi connectivity index (χ2v) is 4.12. The van der Waals surface area contributed by atoms with Gasteiger partial charge in [0.25, 0.3) is 0 Å². The molecule has 0 aliphatic carbocycles. The highest BCUT2D eigenvalue weighted by molar-refractivity contribution is 5.41. The van der Waals surface area contributed by atoms with Gasteiger partial charge in [0.1, 0.15) is 5.82 Å². The Morgan fingerprint density at radius 1 is 0.944 bits per heavy atom. The van der Waals surface area contributed by atoms with E-state index in [1.807, 2.05) is 13.8 Å². The second-order valence-electron chi connectivity index (χ2n) is 4.12. The van der Waals surface area contributed by atoms with Crippen LogP contribution in [0.3, 0.4) is 0 Å². The molecule has 0 atom stereocenters. The van der Waals surface area contributed by atoms with Gasteiger partial charge < -0.3 is 9.47 Å². The van der Waals surface area contributed by atoms with Gasteiger partial charge in [-0.2, -0.15) is 0 Å². The SMILES string of the molecule is CCCCOc1cc(F)cc(F)c1OCCCC. The van der Waals surface area contributed by atoms with Crippen molar-refractivity contribution in [2.45, 2.75) is 39.5 Å². The number of benzene rings is 1. The Balaban J connectivity index is 2.76. The van der Waals surface area contributed by atoms with E-state index >= 15 is 0 Å². The molecule has 0 N–H and O–H groups in total. The average Bonchev–Trinajstić information content (AvgIpc) is 2.32. The lowest BCUT2D eigenvalue weighted by Gasteiger charge is -2.13. The molecule has 0 spiro atoms. The van der Waals surface area contributed by atoms with Crippen LogP contribution in [0.15, 0.2) is 12.1 Å². The summed E-state index contributed by atoms with van der Waals surface area (Å²) in [5.74, 6) is -1.20. The molecule has 0 bridgehead atoms. The van der Waals surface area contributed by atoms with E-state index in [4.69, 9.17) is 9.47 Å². The van der Waals surface area contributed by atoms with Gasteiger partial charge in [0.05, 0.1) is 13.2 Å². The fraction of sp³-hybridized carbons (Fsp3) is 0.571. The van der Waals surface area contributed by atoms with E-state index < -0.39 is 11.6 Å². The van der Waals surface area contributed by atoms with Crippen molar-refractivity contribution in [3.63, 3.8) is 0 Å². The number of unbranched alkanes of at least 4 members (excludes halogenated alkanes) is 2. The van der Waals surface area contributed by atoms with Gasteiger partial charge in [-0.25, -0.2) is 8.78 Å². The molecule has 0 heterocycles. The van der Waals surface area contributed by atoms with E-state index in [1.165, 1.54) is 6.07 Å². The van der Waals surface area contributed by atoms with E-state index in [2.05, 4.69) is 0 Å². The van der Waals surface area contributed by atoms with Gasteiger partial charge in [0.15, 0.2) is 17.3 Å². The Kier molecular flexibility index (Phi) is 6.47. The third kappa shape index (κ3) is 4.51. The van der Waals surface area contributed by atoms with E-state index in [-0.39, 0.29) is 11.5 Å². The molecule has 102 valence electrons. The topological polar surface area (TPSA) is 18.5 Å². The van der Waals surface area contributed by atoms with Gasteiger partial charge in [-0.05, 0) is 12.8 Å². The van der Waals surface area contributed by atoms with Crippen molar-refractivity contribution in [2.24, 2.45) is 0 Å². The predicted octanol–water partition coefficient (Wildman–Crippen LogP) is 4.32. The second kappa shape index (κ2) is 7.90. The maximum absolute atomic E-state index is 13.6. The summed E-state index contributed by atoms with van der Waals surface area (Å²) in [5, 5.41) is 0. The van der Waals surface area contributed by atoms with Crippen LogP contribution in [-0.2, 0) is 0 Å². The highest BCUT2D eigenvalue weighted by Gasteiger charge is 2.14. The Bertz CT molecular complexity index is 367. The molecule has 0 amide bonds. The largest absolute Gasteiger partial charge is 0.489 e. The third-order valence-electron chi connectivity index (χ3n) is 2.47. The molecule has 0 aromatic heterocycles. The van der Waals surface area contributed by atoms with Crippen LogP contribution in [-0.4, -0.2) is 13.2 Å². The molecule has 0 aliphatic heterocycles. The summed E-state index contributed by atoms with van der Waals surface area (Å²) in [6, 6.07) is 1.98. The average molecular weight is 258 g/mol. The van der Waals surface area contributed by atoms with Crippen molar-refractivity contribution in [1.82, 2.24) is 0 Å². The van der Waals surface area contributed by atoms with Crippen LogP contribution in [0.2, 0.25) is 0 Å². The molecule has 0 radical (unpaired) electrons. The number of halogens is 2. The summed E-state index contributed by atoms with van der Waals surface area (Å²) in [6.07, 6.45) is 3.58. The van der Waals surface area contributed by atoms with Crippen molar-refractivity contribution >= 4 is 0 Å². The molecular weight excluding hydrogens is 238 g/mol. The lowest BCUT2D eigenvalue weighted by Crippen LogP contribution is -2.04. The molecule has 0 unspecified atom stereocenters. The normalized spacial score (nSPS) is 10.4. The van der Waals surface area contributed by atoms with Crippen molar-refractivity contribution < 1.29 is 18.3 Å². The zero-order chi connectivity index (χ0) is 13.4. The van der Waals surface area contributed by atoms with E-state index in [9.17, 15) is 8.78 Å². The predicted molar refractivity (Wildman–Crippen MR) is 67.2 cm³/mol. The monoisotopic (exact) mass is 258 g/mol. The van der Waals surface area contributed by atoms with E-state index in [1.54, 1.807) is 0 Å². The minimum absolute atomic E-state index is 0.0148. The Labute approximate surface area is 107 Å². The summed E-state index contributed by atoms with van der Waals surface area (Å²) >= 11 is 0. The molecule has 0 saturated carbocycles. The Hall–Kier alpha value is -1.32. The summed E-state index contributed by atoms with van der Waals surface area (Å²) in [7, 11) is 0. The van der Waals surface area contributed by atoms with Crippen molar-refractivity contribution in [3.8, 4) is 11.5 Å². The highest BCUT2D eigenvalue weighted by Crippen LogP contribution is 2.31.